The number of unbranched alkanes of at least 4 members (excludes halogenated alkanes) is 5. The minimum Gasteiger partial charge on any atom is -0.379 e. The smallest absolute Gasteiger partial charge is 0.315 e. The molecule has 73 heavy (non-hydrogen) atoms. The second-order valence-corrected chi connectivity index (χ2v) is 21.9. The third-order valence-electron chi connectivity index (χ3n) is 14.9. The molecule has 4 amide bonds. The zero-order valence-electron chi connectivity index (χ0n) is 43.8. The molecule has 4 atom stereocenters. The van der Waals surface area contributed by atoms with Gasteiger partial charge in [0.05, 0.1) is 38.5 Å². The fourth-order valence-corrected chi connectivity index (χ4v) is 12.5. The van der Waals surface area contributed by atoms with E-state index in [1.807, 2.05) is 43.0 Å². The van der Waals surface area contributed by atoms with E-state index in [9.17, 15) is 28.8 Å². The molecule has 2 aliphatic heterocycles. The van der Waals surface area contributed by atoms with Crippen molar-refractivity contribution in [3.63, 3.8) is 0 Å². The van der Waals surface area contributed by atoms with E-state index in [0.717, 1.165) is 142 Å². The van der Waals surface area contributed by atoms with Gasteiger partial charge in [-0.15, -0.1) is 0 Å². The molecule has 1 unspecified atom stereocenters. The number of carbonyl (C=O) groups excluding carboxylic acids is 6. The number of allylic oxidation sites excluding steroid dienone is 2. The molecule has 0 spiro atoms. The molecule has 6 rings (SSSR count). The summed E-state index contributed by atoms with van der Waals surface area (Å²) in [7, 11) is 2.19. The van der Waals surface area contributed by atoms with Gasteiger partial charge in [-0.1, -0.05) is 43.2 Å². The van der Waals surface area contributed by atoms with Crippen molar-refractivity contribution in [1.82, 2.24) is 15.5 Å². The molecule has 2 heterocycles. The van der Waals surface area contributed by atoms with Crippen molar-refractivity contribution in [3.05, 3.63) is 70.8 Å². The lowest BCUT2D eigenvalue weighted by Crippen LogP contribution is -2.36. The number of Topliss-reactive ketones (excluding diaryl/α,β-unsaturated/α-hetero) is 3. The number of thioether (sulfide) groups is 1. The zero-order valence-corrected chi connectivity index (χ0v) is 44.6. The van der Waals surface area contributed by atoms with Crippen molar-refractivity contribution in [2.75, 3.05) is 70.8 Å². The topological polar surface area (TPSA) is 195 Å². The molecule has 14 nitrogen and oxygen atoms in total. The van der Waals surface area contributed by atoms with Crippen LogP contribution in [0.25, 0.3) is 16.7 Å². The number of nitrogens with zero attached hydrogens (tertiary/aromatic N) is 1. The Balaban J connectivity index is 0.712. The lowest BCUT2D eigenvalue weighted by atomic mass is 9.82. The number of nitrogens with one attached hydrogen (secondary N) is 3. The summed E-state index contributed by atoms with van der Waals surface area (Å²) in [5, 5.41) is 9.37. The summed E-state index contributed by atoms with van der Waals surface area (Å²) in [6.07, 6.45) is 18.1. The number of hydrogen-bond acceptors (Lipinski definition) is 11. The van der Waals surface area contributed by atoms with Gasteiger partial charge >= 0.3 is 6.03 Å². The molecule has 2 aromatic rings. The third kappa shape index (κ3) is 18.3. The van der Waals surface area contributed by atoms with E-state index < -0.39 is 5.91 Å². The normalized spacial score (nSPS) is 18.8. The molecule has 5 N–H and O–H groups in total. The second-order valence-electron chi connectivity index (χ2n) is 20.6. The molecule has 2 saturated heterocycles. The molecule has 400 valence electrons. The maximum atomic E-state index is 12.6. The van der Waals surface area contributed by atoms with Crippen molar-refractivity contribution in [2.45, 2.75) is 159 Å². The first-order chi connectivity index (χ1) is 35.4. The summed E-state index contributed by atoms with van der Waals surface area (Å²) in [5.74, 6) is 1.60. The highest BCUT2D eigenvalue weighted by Gasteiger charge is 2.42. The van der Waals surface area contributed by atoms with Crippen LogP contribution >= 0.6 is 11.8 Å². The van der Waals surface area contributed by atoms with Crippen LogP contribution in [0.1, 0.15) is 155 Å². The van der Waals surface area contributed by atoms with Crippen LogP contribution in [0.5, 0.6) is 0 Å². The summed E-state index contributed by atoms with van der Waals surface area (Å²) >= 11 is 1.92. The molecule has 0 saturated carbocycles. The Kier molecular flexibility index (Phi) is 24.2. The number of primary amides is 1. The number of ketones is 3. The molecule has 0 bridgehead atoms. The van der Waals surface area contributed by atoms with Gasteiger partial charge in [-0.05, 0) is 162 Å². The number of hydrogen-bond donors (Lipinski definition) is 4. The molecule has 2 aromatic carbocycles. The molecule has 15 heteroatoms. The highest BCUT2D eigenvalue weighted by Crippen LogP contribution is 2.49. The van der Waals surface area contributed by atoms with E-state index in [4.69, 9.17) is 19.9 Å². The summed E-state index contributed by atoms with van der Waals surface area (Å²) in [6.45, 7) is 10.8. The number of ether oxygens (including phenoxy) is 3. The average molecular weight is 1030 g/mol. The first kappa shape index (κ1) is 57.6. The number of urea groups is 1. The predicted octanol–water partition coefficient (Wildman–Crippen LogP) is 9.48. The Morgan fingerprint density at radius 3 is 2.07 bits per heavy atom. The molecule has 0 aromatic heterocycles. The van der Waals surface area contributed by atoms with Crippen molar-refractivity contribution in [3.8, 4) is 11.1 Å². The Morgan fingerprint density at radius 2 is 1.41 bits per heavy atom. The largest absolute Gasteiger partial charge is 0.379 e. The highest BCUT2D eigenvalue weighted by molar-refractivity contribution is 8.00. The first-order valence-corrected chi connectivity index (χ1v) is 28.3. The van der Waals surface area contributed by atoms with Gasteiger partial charge in [0.25, 0.3) is 0 Å². The second kappa shape index (κ2) is 30.6. The van der Waals surface area contributed by atoms with Crippen molar-refractivity contribution >= 4 is 58.2 Å². The number of benzene rings is 2. The Morgan fingerprint density at radius 1 is 0.781 bits per heavy atom. The van der Waals surface area contributed by atoms with Crippen LogP contribution in [0.15, 0.2) is 48.6 Å². The van der Waals surface area contributed by atoms with E-state index in [2.05, 4.69) is 40.5 Å². The predicted molar refractivity (Wildman–Crippen MR) is 291 cm³/mol. The number of fused-ring (bicyclic) bond motifs is 3. The average Bonchev–Trinajstić information content (AvgIpc) is 4.06. The highest BCUT2D eigenvalue weighted by atomic mass is 32.2. The standard InChI is InChI=1S/C58H83N5O9S/c1-4-54(67)60-51-23-15-22-46(40(51)2)48-27-28-49(57(59)68)50-37-42-36-41(25-26-47(42)55(48)50)38-63(3)29-11-5-6-16-44(65)20-14-21-45(66)19-10-13-31-71-33-35-72-34-32-70-30-12-9-18-43(64)17-7-8-24-53-56-52(39-73-53)61-58(69)62-56/h4,15,22-23,27-28,41,52-53,56H,1,5-14,16-21,24-26,29-39H2,2-3H3,(H2,59,68)(H,60,67)(H2,61,62,69)/t41?,52-,53-,56-/m0/s1. The summed E-state index contributed by atoms with van der Waals surface area (Å²) < 4.78 is 16.9. The number of amides is 4. The molecule has 2 aliphatic carbocycles. The van der Waals surface area contributed by atoms with Crippen LogP contribution in [0, 0.1) is 12.8 Å². The van der Waals surface area contributed by atoms with Crippen LogP contribution in [0.2, 0.25) is 0 Å². The van der Waals surface area contributed by atoms with Crippen molar-refractivity contribution < 1.29 is 43.0 Å². The number of anilines is 1. The molecule has 0 radical (unpaired) electrons. The SMILES string of the molecule is C=CC(=O)Nc1cccc(-c2ccc(C(N)=O)c3c2C2=C(C3)CC(CN(C)CCCCCC(=O)CCCC(=O)CCCCOCCOCCOCCCCC(=O)CCCC[C@@H]3SC[C@@H]4NC(=O)N[C@@H]43)CC2)c1C. The zero-order chi connectivity index (χ0) is 52.0. The van der Waals surface area contributed by atoms with Crippen LogP contribution < -0.4 is 21.7 Å². The van der Waals surface area contributed by atoms with Gasteiger partial charge in [0.15, 0.2) is 0 Å². The van der Waals surface area contributed by atoms with E-state index in [1.54, 1.807) is 0 Å². The van der Waals surface area contributed by atoms with Gasteiger partial charge in [-0.3, -0.25) is 24.0 Å². The van der Waals surface area contributed by atoms with E-state index in [0.29, 0.717) is 107 Å². The van der Waals surface area contributed by atoms with Gasteiger partial charge in [0, 0.05) is 80.5 Å². The lowest BCUT2D eigenvalue weighted by molar-refractivity contribution is -0.121. The third-order valence-corrected chi connectivity index (χ3v) is 16.5. The van der Waals surface area contributed by atoms with Crippen LogP contribution in [-0.2, 0) is 39.8 Å². The van der Waals surface area contributed by atoms with E-state index in [-0.39, 0.29) is 35.6 Å². The van der Waals surface area contributed by atoms with Gasteiger partial charge in [-0.25, -0.2) is 4.79 Å². The Bertz CT molecular complexity index is 2250. The number of carbonyl (C=O) groups is 6. The monoisotopic (exact) mass is 1030 g/mol. The molecule has 2 fully saturated rings. The van der Waals surface area contributed by atoms with Crippen LogP contribution in [0.3, 0.4) is 0 Å². The first-order valence-electron chi connectivity index (χ1n) is 27.3. The minimum absolute atomic E-state index is 0.0525. The molecular formula is C58H83N5O9S. The van der Waals surface area contributed by atoms with Crippen LogP contribution in [-0.4, -0.2) is 123 Å². The van der Waals surface area contributed by atoms with Gasteiger partial charge in [0.1, 0.15) is 17.3 Å². The van der Waals surface area contributed by atoms with Crippen molar-refractivity contribution in [1.29, 1.82) is 0 Å². The molecular weight excluding hydrogens is 943 g/mol. The Hall–Kier alpha value is -4.67. The Labute approximate surface area is 438 Å². The summed E-state index contributed by atoms with van der Waals surface area (Å²) in [4.78, 5) is 76.0. The maximum absolute atomic E-state index is 12.6. The number of nitrogens with two attached hydrogens (primary N) is 1. The van der Waals surface area contributed by atoms with E-state index in [1.165, 1.54) is 17.2 Å². The fourth-order valence-electron chi connectivity index (χ4n) is 11.0. The van der Waals surface area contributed by atoms with Gasteiger partial charge in [-0.2, -0.15) is 11.8 Å². The van der Waals surface area contributed by atoms with Gasteiger partial charge in [0.2, 0.25) is 11.8 Å². The van der Waals surface area contributed by atoms with Crippen LogP contribution in [0.4, 0.5) is 10.5 Å². The maximum Gasteiger partial charge on any atom is 0.315 e. The number of rotatable bonds is 37. The van der Waals surface area contributed by atoms with Gasteiger partial charge < -0.3 is 40.8 Å². The fraction of sp³-hybridized carbons (Fsp3) is 0.621. The van der Waals surface area contributed by atoms with E-state index >= 15 is 0 Å². The minimum atomic E-state index is -0.408. The quantitative estimate of drug-likeness (QED) is 0.0286. The van der Waals surface area contributed by atoms with Crippen molar-refractivity contribution in [2.24, 2.45) is 11.7 Å². The summed E-state index contributed by atoms with van der Waals surface area (Å²) in [5.41, 5.74) is 15.2. The summed E-state index contributed by atoms with van der Waals surface area (Å²) in [6, 6.07) is 10.2. The molecule has 4 aliphatic rings. The lowest BCUT2D eigenvalue weighted by Gasteiger charge is -2.29.